The Labute approximate surface area is 224 Å². The number of hydrogen-bond donors (Lipinski definition) is 2. The van der Waals surface area contributed by atoms with Gasteiger partial charge in [0.25, 0.3) is 0 Å². The molecule has 2 N–H and O–H groups in total. The highest BCUT2D eigenvalue weighted by molar-refractivity contribution is 5.69. The van der Waals surface area contributed by atoms with Gasteiger partial charge in [-0.15, -0.1) is 0 Å². The topological polar surface area (TPSA) is 74.6 Å². The number of hydrogen-bond acceptors (Lipinski definition) is 2. The van der Waals surface area contributed by atoms with Crippen molar-refractivity contribution in [3.8, 4) is 0 Å². The Bertz CT molecular complexity index is 477. The SMILES string of the molecule is CCCCCCCCCCCCC(CCCCCCCCCCCCCCCCCC(=O)O)C(=O)O. The summed E-state index contributed by atoms with van der Waals surface area (Å²) in [6.45, 7) is 2.26. The highest BCUT2D eigenvalue weighted by Gasteiger charge is 2.16. The van der Waals surface area contributed by atoms with E-state index in [0.717, 1.165) is 38.5 Å². The summed E-state index contributed by atoms with van der Waals surface area (Å²) in [7, 11) is 0. The normalized spacial score (nSPS) is 12.1. The van der Waals surface area contributed by atoms with E-state index in [2.05, 4.69) is 6.92 Å². The molecule has 4 nitrogen and oxygen atoms in total. The summed E-state index contributed by atoms with van der Waals surface area (Å²) < 4.78 is 0. The summed E-state index contributed by atoms with van der Waals surface area (Å²) in [6, 6.07) is 0. The molecule has 0 amide bonds. The Morgan fingerprint density at radius 1 is 0.444 bits per heavy atom. The second-order valence-corrected chi connectivity index (χ2v) is 11.2. The van der Waals surface area contributed by atoms with Crippen molar-refractivity contribution in [2.45, 2.75) is 187 Å². The first-order chi connectivity index (χ1) is 17.6. The van der Waals surface area contributed by atoms with Crippen molar-refractivity contribution in [2.75, 3.05) is 0 Å². The summed E-state index contributed by atoms with van der Waals surface area (Å²) in [6.07, 6.45) is 33.6. The molecule has 214 valence electrons. The quantitative estimate of drug-likeness (QED) is 0.0942. The molecule has 0 aromatic heterocycles. The second-order valence-electron chi connectivity index (χ2n) is 11.2. The van der Waals surface area contributed by atoms with E-state index in [1.54, 1.807) is 0 Å². The van der Waals surface area contributed by atoms with Crippen LogP contribution in [0.2, 0.25) is 0 Å². The molecule has 36 heavy (non-hydrogen) atoms. The number of rotatable bonds is 30. The minimum atomic E-state index is -0.670. The molecule has 0 aromatic carbocycles. The van der Waals surface area contributed by atoms with Crippen molar-refractivity contribution < 1.29 is 19.8 Å². The average molecular weight is 511 g/mol. The number of unbranched alkanes of at least 4 members (excludes halogenated alkanes) is 23. The molecule has 0 rings (SSSR count). The molecule has 0 saturated carbocycles. The van der Waals surface area contributed by atoms with Gasteiger partial charge in [0, 0.05) is 6.42 Å². The van der Waals surface area contributed by atoms with Gasteiger partial charge < -0.3 is 10.2 Å². The Morgan fingerprint density at radius 3 is 1.00 bits per heavy atom. The Balaban J connectivity index is 3.38. The van der Waals surface area contributed by atoms with Crippen LogP contribution in [-0.4, -0.2) is 22.2 Å². The van der Waals surface area contributed by atoms with Gasteiger partial charge in [0.1, 0.15) is 0 Å². The lowest BCUT2D eigenvalue weighted by Gasteiger charge is -2.12. The number of carboxylic acid groups (broad SMARTS) is 2. The molecular weight excluding hydrogens is 448 g/mol. The predicted octanol–water partition coefficient (Wildman–Crippen LogP) is 10.7. The van der Waals surface area contributed by atoms with Gasteiger partial charge >= 0.3 is 11.9 Å². The van der Waals surface area contributed by atoms with Crippen LogP contribution in [0.3, 0.4) is 0 Å². The zero-order valence-electron chi connectivity index (χ0n) is 24.1. The van der Waals surface area contributed by atoms with Gasteiger partial charge in [0.15, 0.2) is 0 Å². The zero-order chi connectivity index (χ0) is 26.5. The monoisotopic (exact) mass is 510 g/mol. The van der Waals surface area contributed by atoms with Crippen LogP contribution >= 0.6 is 0 Å². The third-order valence-corrected chi connectivity index (χ3v) is 7.70. The van der Waals surface area contributed by atoms with Crippen molar-refractivity contribution in [2.24, 2.45) is 5.92 Å². The van der Waals surface area contributed by atoms with E-state index in [1.165, 1.54) is 135 Å². The highest BCUT2D eigenvalue weighted by Crippen LogP contribution is 2.20. The third-order valence-electron chi connectivity index (χ3n) is 7.70. The summed E-state index contributed by atoms with van der Waals surface area (Å²) >= 11 is 0. The summed E-state index contributed by atoms with van der Waals surface area (Å²) in [5.41, 5.74) is 0. The first kappa shape index (κ1) is 34.9. The number of carboxylic acids is 2. The molecule has 0 radical (unpaired) electrons. The third kappa shape index (κ3) is 27.5. The van der Waals surface area contributed by atoms with Gasteiger partial charge in [-0.1, -0.05) is 161 Å². The van der Waals surface area contributed by atoms with Gasteiger partial charge in [-0.25, -0.2) is 0 Å². The molecule has 1 unspecified atom stereocenters. The minimum Gasteiger partial charge on any atom is -0.481 e. The summed E-state index contributed by atoms with van der Waals surface area (Å²) in [5, 5.41) is 18.2. The van der Waals surface area contributed by atoms with E-state index in [-0.39, 0.29) is 5.92 Å². The zero-order valence-corrected chi connectivity index (χ0v) is 24.1. The average Bonchev–Trinajstić information content (AvgIpc) is 2.85. The minimum absolute atomic E-state index is 0.121. The molecule has 0 saturated heterocycles. The van der Waals surface area contributed by atoms with E-state index in [1.807, 2.05) is 0 Å². The largest absolute Gasteiger partial charge is 0.481 e. The Kier molecular flexibility index (Phi) is 27.7. The molecule has 0 aliphatic heterocycles. The maximum absolute atomic E-state index is 11.6. The van der Waals surface area contributed by atoms with Gasteiger partial charge in [-0.2, -0.15) is 0 Å². The lowest BCUT2D eigenvalue weighted by Crippen LogP contribution is -2.13. The fourth-order valence-electron chi connectivity index (χ4n) is 5.23. The fourth-order valence-corrected chi connectivity index (χ4v) is 5.23. The second kappa shape index (κ2) is 28.5. The van der Waals surface area contributed by atoms with Crippen LogP contribution in [0.15, 0.2) is 0 Å². The molecule has 1 atom stereocenters. The van der Waals surface area contributed by atoms with Crippen LogP contribution in [0.25, 0.3) is 0 Å². The molecule has 0 aliphatic rings. The molecule has 0 heterocycles. The van der Waals surface area contributed by atoms with E-state index in [0.29, 0.717) is 6.42 Å². The van der Waals surface area contributed by atoms with E-state index in [9.17, 15) is 14.7 Å². The first-order valence-electron chi connectivity index (χ1n) is 16.0. The van der Waals surface area contributed by atoms with E-state index < -0.39 is 11.9 Å². The van der Waals surface area contributed by atoms with Gasteiger partial charge in [0.05, 0.1) is 5.92 Å². The van der Waals surface area contributed by atoms with Crippen LogP contribution in [0.1, 0.15) is 187 Å². The van der Waals surface area contributed by atoms with Crippen molar-refractivity contribution in [3.05, 3.63) is 0 Å². The molecule has 0 bridgehead atoms. The van der Waals surface area contributed by atoms with Crippen LogP contribution < -0.4 is 0 Å². The van der Waals surface area contributed by atoms with Crippen molar-refractivity contribution >= 4 is 11.9 Å². The molecule has 0 aromatic rings. The van der Waals surface area contributed by atoms with Crippen LogP contribution in [-0.2, 0) is 9.59 Å². The van der Waals surface area contributed by atoms with Crippen LogP contribution in [0.5, 0.6) is 0 Å². The van der Waals surface area contributed by atoms with Gasteiger partial charge in [-0.3, -0.25) is 9.59 Å². The summed E-state index contributed by atoms with van der Waals surface area (Å²) in [5.74, 6) is -1.37. The lowest BCUT2D eigenvalue weighted by atomic mass is 9.94. The lowest BCUT2D eigenvalue weighted by molar-refractivity contribution is -0.142. The highest BCUT2D eigenvalue weighted by atomic mass is 16.4. The number of aliphatic carboxylic acids is 2. The predicted molar refractivity (Wildman–Crippen MR) is 154 cm³/mol. The smallest absolute Gasteiger partial charge is 0.306 e. The fraction of sp³-hybridized carbons (Fsp3) is 0.938. The molecule has 0 fully saturated rings. The van der Waals surface area contributed by atoms with Crippen LogP contribution in [0.4, 0.5) is 0 Å². The van der Waals surface area contributed by atoms with E-state index >= 15 is 0 Å². The first-order valence-corrected chi connectivity index (χ1v) is 16.0. The van der Waals surface area contributed by atoms with E-state index in [4.69, 9.17) is 5.11 Å². The van der Waals surface area contributed by atoms with Crippen LogP contribution in [0, 0.1) is 5.92 Å². The Hall–Kier alpha value is -1.06. The molecule has 0 aliphatic carbocycles. The molecular formula is C32H62O4. The van der Waals surface area contributed by atoms with Gasteiger partial charge in [0.2, 0.25) is 0 Å². The van der Waals surface area contributed by atoms with Crippen molar-refractivity contribution in [1.82, 2.24) is 0 Å². The Morgan fingerprint density at radius 2 is 0.722 bits per heavy atom. The molecule has 4 heteroatoms. The molecule has 0 spiro atoms. The number of carbonyl (C=O) groups is 2. The standard InChI is InChI=1S/C32H62O4/c1-2-3-4-5-6-7-15-18-21-24-27-30(32(35)36)28-25-22-19-16-13-11-9-8-10-12-14-17-20-23-26-29-31(33)34/h30H,2-29H2,1H3,(H,33,34)(H,35,36). The van der Waals surface area contributed by atoms with Crippen molar-refractivity contribution in [1.29, 1.82) is 0 Å². The van der Waals surface area contributed by atoms with Crippen molar-refractivity contribution in [3.63, 3.8) is 0 Å². The maximum Gasteiger partial charge on any atom is 0.306 e. The summed E-state index contributed by atoms with van der Waals surface area (Å²) in [4.78, 5) is 22.0. The van der Waals surface area contributed by atoms with Gasteiger partial charge in [-0.05, 0) is 19.3 Å². The maximum atomic E-state index is 11.6.